The third kappa shape index (κ3) is 5.98. The molecule has 0 aliphatic rings. The normalized spacial score (nSPS) is 11.4. The number of carbonyl (C=O) groups is 3. The van der Waals surface area contributed by atoms with Crippen LogP contribution in [0.3, 0.4) is 0 Å². The topological polar surface area (TPSA) is 84.5 Å². The number of halogens is 2. The molecule has 0 spiro atoms. The minimum absolute atomic E-state index is 0.355. The van der Waals surface area contributed by atoms with E-state index < -0.39 is 30.4 Å². The summed E-state index contributed by atoms with van der Waals surface area (Å²) in [5.41, 5.74) is 1.60. The fourth-order valence-electron chi connectivity index (χ4n) is 2.13. The van der Waals surface area contributed by atoms with Crippen molar-refractivity contribution in [1.29, 1.82) is 0 Å². The first-order chi connectivity index (χ1) is 12.8. The summed E-state index contributed by atoms with van der Waals surface area (Å²) in [5.74, 6) is -1.68. The average molecular weight is 409 g/mol. The molecule has 1 atom stereocenters. The predicted molar refractivity (Wildman–Crippen MR) is 104 cm³/mol. The molecule has 2 amide bonds. The Balaban J connectivity index is 1.83. The second kappa shape index (κ2) is 9.39. The molecular weight excluding hydrogens is 391 g/mol. The van der Waals surface area contributed by atoms with Gasteiger partial charge in [0.25, 0.3) is 11.8 Å². The van der Waals surface area contributed by atoms with Crippen molar-refractivity contribution in [2.75, 3.05) is 11.9 Å². The predicted octanol–water partition coefficient (Wildman–Crippen LogP) is 3.60. The zero-order valence-electron chi connectivity index (χ0n) is 14.7. The third-order valence-electron chi connectivity index (χ3n) is 3.69. The molecule has 0 radical (unpaired) electrons. The number of rotatable bonds is 6. The van der Waals surface area contributed by atoms with E-state index in [0.717, 1.165) is 0 Å². The summed E-state index contributed by atoms with van der Waals surface area (Å²) in [4.78, 5) is 36.0. The molecule has 0 unspecified atom stereocenters. The van der Waals surface area contributed by atoms with E-state index in [2.05, 4.69) is 10.6 Å². The molecule has 2 rings (SSSR count). The molecular formula is C19H18Cl2N2O4. The highest BCUT2D eigenvalue weighted by molar-refractivity contribution is 6.31. The molecule has 2 aromatic carbocycles. The Labute approximate surface area is 166 Å². The molecule has 8 heteroatoms. The number of carbonyl (C=O) groups excluding carboxylic acids is 3. The highest BCUT2D eigenvalue weighted by Crippen LogP contribution is 2.22. The molecule has 0 aliphatic heterocycles. The van der Waals surface area contributed by atoms with Gasteiger partial charge < -0.3 is 15.4 Å². The van der Waals surface area contributed by atoms with Crippen molar-refractivity contribution < 1.29 is 19.1 Å². The smallest absolute Gasteiger partial charge is 0.328 e. The van der Waals surface area contributed by atoms with Crippen LogP contribution < -0.4 is 10.6 Å². The molecule has 0 aliphatic carbocycles. The Hall–Kier alpha value is -2.57. The van der Waals surface area contributed by atoms with Crippen molar-refractivity contribution in [1.82, 2.24) is 5.32 Å². The Morgan fingerprint density at radius 2 is 1.74 bits per heavy atom. The number of benzene rings is 2. The summed E-state index contributed by atoms with van der Waals surface area (Å²) in [6, 6.07) is 10.4. The number of hydrogen-bond acceptors (Lipinski definition) is 4. The lowest BCUT2D eigenvalue weighted by atomic mass is 10.2. The molecule has 6 nitrogen and oxygen atoms in total. The summed E-state index contributed by atoms with van der Waals surface area (Å²) in [5, 5.41) is 6.13. The van der Waals surface area contributed by atoms with Gasteiger partial charge in [-0.3, -0.25) is 9.59 Å². The standard InChI is InChI=1S/C19H18Cl2N2O4/c1-11-15(21)4-3-5-16(11)23-17(24)10-27-19(26)12(2)22-18(25)13-6-8-14(20)9-7-13/h3-9,12H,10H2,1-2H3,(H,22,25)(H,23,24)/t12-/m0/s1. The minimum atomic E-state index is -0.922. The van der Waals surface area contributed by atoms with E-state index in [1.165, 1.54) is 19.1 Å². The van der Waals surface area contributed by atoms with E-state index >= 15 is 0 Å². The first-order valence-electron chi connectivity index (χ1n) is 8.06. The van der Waals surface area contributed by atoms with E-state index in [1.807, 2.05) is 0 Å². The van der Waals surface area contributed by atoms with Gasteiger partial charge in [0, 0.05) is 21.3 Å². The molecule has 2 aromatic rings. The lowest BCUT2D eigenvalue weighted by Gasteiger charge is -2.14. The van der Waals surface area contributed by atoms with E-state index in [0.29, 0.717) is 26.9 Å². The molecule has 2 N–H and O–H groups in total. The highest BCUT2D eigenvalue weighted by Gasteiger charge is 2.19. The van der Waals surface area contributed by atoms with Crippen LogP contribution in [0, 0.1) is 6.92 Å². The molecule has 27 heavy (non-hydrogen) atoms. The molecule has 0 fully saturated rings. The Bertz CT molecular complexity index is 853. The van der Waals surface area contributed by atoms with E-state index in [9.17, 15) is 14.4 Å². The van der Waals surface area contributed by atoms with Gasteiger partial charge in [-0.05, 0) is 55.8 Å². The fraction of sp³-hybridized carbons (Fsp3) is 0.211. The Kier molecular flexibility index (Phi) is 7.21. The highest BCUT2D eigenvalue weighted by atomic mass is 35.5. The van der Waals surface area contributed by atoms with Crippen molar-refractivity contribution in [3.8, 4) is 0 Å². The summed E-state index contributed by atoms with van der Waals surface area (Å²) in [6.45, 7) is 2.75. The van der Waals surface area contributed by atoms with E-state index in [-0.39, 0.29) is 0 Å². The minimum Gasteiger partial charge on any atom is -0.454 e. The van der Waals surface area contributed by atoms with Crippen LogP contribution in [0.15, 0.2) is 42.5 Å². The summed E-state index contributed by atoms with van der Waals surface area (Å²) < 4.78 is 4.94. The van der Waals surface area contributed by atoms with Crippen LogP contribution in [0.2, 0.25) is 10.0 Å². The van der Waals surface area contributed by atoms with Gasteiger partial charge in [-0.1, -0.05) is 29.3 Å². The molecule has 0 bridgehead atoms. The quantitative estimate of drug-likeness (QED) is 0.714. The number of hydrogen-bond donors (Lipinski definition) is 2. The second-order valence-electron chi connectivity index (χ2n) is 5.77. The average Bonchev–Trinajstić information content (AvgIpc) is 2.64. The van der Waals surface area contributed by atoms with Crippen LogP contribution in [0.25, 0.3) is 0 Å². The molecule has 0 saturated heterocycles. The van der Waals surface area contributed by atoms with E-state index in [4.69, 9.17) is 27.9 Å². The zero-order chi connectivity index (χ0) is 20.0. The SMILES string of the molecule is Cc1c(Cl)cccc1NC(=O)COC(=O)[C@H](C)NC(=O)c1ccc(Cl)cc1. The fourth-order valence-corrected chi connectivity index (χ4v) is 2.43. The van der Waals surface area contributed by atoms with Crippen LogP contribution in [0.5, 0.6) is 0 Å². The lowest BCUT2D eigenvalue weighted by Crippen LogP contribution is -2.40. The van der Waals surface area contributed by atoms with Crippen molar-refractivity contribution >= 4 is 46.7 Å². The number of nitrogens with one attached hydrogen (secondary N) is 2. The van der Waals surface area contributed by atoms with Gasteiger partial charge in [0.15, 0.2) is 6.61 Å². The summed E-state index contributed by atoms with van der Waals surface area (Å²) >= 11 is 11.8. The monoisotopic (exact) mass is 408 g/mol. The van der Waals surface area contributed by atoms with Crippen LogP contribution in [-0.2, 0) is 14.3 Å². The summed E-state index contributed by atoms with van der Waals surface area (Å²) in [7, 11) is 0. The molecule has 0 saturated carbocycles. The number of esters is 1. The van der Waals surface area contributed by atoms with Gasteiger partial charge in [-0.15, -0.1) is 0 Å². The van der Waals surface area contributed by atoms with Crippen molar-refractivity contribution in [2.24, 2.45) is 0 Å². The van der Waals surface area contributed by atoms with Gasteiger partial charge in [-0.2, -0.15) is 0 Å². The largest absolute Gasteiger partial charge is 0.454 e. The molecule has 0 heterocycles. The van der Waals surface area contributed by atoms with Crippen molar-refractivity contribution in [3.63, 3.8) is 0 Å². The van der Waals surface area contributed by atoms with Crippen LogP contribution in [0.4, 0.5) is 5.69 Å². The first kappa shape index (κ1) is 20.7. The molecule has 142 valence electrons. The second-order valence-corrected chi connectivity index (χ2v) is 6.61. The van der Waals surface area contributed by atoms with Gasteiger partial charge in [0.2, 0.25) is 0 Å². The number of amides is 2. The van der Waals surface area contributed by atoms with E-state index in [1.54, 1.807) is 37.3 Å². The van der Waals surface area contributed by atoms with Gasteiger partial charge >= 0.3 is 5.97 Å². The van der Waals surface area contributed by atoms with Crippen LogP contribution >= 0.6 is 23.2 Å². The van der Waals surface area contributed by atoms with Crippen molar-refractivity contribution in [2.45, 2.75) is 19.9 Å². The zero-order valence-corrected chi connectivity index (χ0v) is 16.2. The van der Waals surface area contributed by atoms with Gasteiger partial charge in [0.1, 0.15) is 6.04 Å². The number of ether oxygens (including phenoxy) is 1. The Morgan fingerprint density at radius 3 is 2.41 bits per heavy atom. The van der Waals surface area contributed by atoms with Crippen LogP contribution in [-0.4, -0.2) is 30.4 Å². The third-order valence-corrected chi connectivity index (χ3v) is 4.36. The van der Waals surface area contributed by atoms with Crippen LogP contribution in [0.1, 0.15) is 22.8 Å². The van der Waals surface area contributed by atoms with Crippen molar-refractivity contribution in [3.05, 3.63) is 63.6 Å². The van der Waals surface area contributed by atoms with Gasteiger partial charge in [0.05, 0.1) is 0 Å². The Morgan fingerprint density at radius 1 is 1.07 bits per heavy atom. The maximum atomic E-state index is 12.1. The molecule has 0 aromatic heterocycles. The number of anilines is 1. The first-order valence-corrected chi connectivity index (χ1v) is 8.81. The van der Waals surface area contributed by atoms with Gasteiger partial charge in [-0.25, -0.2) is 4.79 Å². The lowest BCUT2D eigenvalue weighted by molar-refractivity contribution is -0.148. The summed E-state index contributed by atoms with van der Waals surface area (Å²) in [6.07, 6.45) is 0. The maximum absolute atomic E-state index is 12.1. The maximum Gasteiger partial charge on any atom is 0.328 e.